The summed E-state index contributed by atoms with van der Waals surface area (Å²) in [5.41, 5.74) is 3.11. The van der Waals surface area contributed by atoms with Crippen molar-refractivity contribution in [2.75, 3.05) is 30.4 Å². The molecule has 0 bridgehead atoms. The maximum atomic E-state index is 12.6. The summed E-state index contributed by atoms with van der Waals surface area (Å²) >= 11 is 18.3. The van der Waals surface area contributed by atoms with Crippen molar-refractivity contribution in [3.05, 3.63) is 63.6 Å². The van der Waals surface area contributed by atoms with Crippen molar-refractivity contribution in [1.29, 1.82) is 0 Å². The summed E-state index contributed by atoms with van der Waals surface area (Å²) in [5.74, 6) is 0.506. The molecule has 0 radical (unpaired) electrons. The van der Waals surface area contributed by atoms with E-state index in [0.717, 1.165) is 28.9 Å². The summed E-state index contributed by atoms with van der Waals surface area (Å²) in [5, 5.41) is 4.08. The standard InChI is InChI=1S/C19H18Cl3N3O/c20-8-3-9-24-19(26)25-11-10-23-18(14-4-1-2-5-16(14)22)15-12-13(21)6-7-17(15)25/h1-2,4-7,12H,3,8-11H2,(H,24,26). The van der Waals surface area contributed by atoms with E-state index in [1.165, 1.54) is 0 Å². The van der Waals surface area contributed by atoms with Crippen LogP contribution in [0.15, 0.2) is 47.5 Å². The molecule has 0 saturated heterocycles. The Balaban J connectivity index is 2.01. The van der Waals surface area contributed by atoms with E-state index in [9.17, 15) is 4.79 Å². The minimum Gasteiger partial charge on any atom is -0.338 e. The van der Waals surface area contributed by atoms with Crippen molar-refractivity contribution in [1.82, 2.24) is 5.32 Å². The number of alkyl halides is 1. The number of benzodiazepines with no additional fused rings is 1. The first-order valence-corrected chi connectivity index (χ1v) is 9.61. The third kappa shape index (κ3) is 4.14. The lowest BCUT2D eigenvalue weighted by Gasteiger charge is -2.23. The molecule has 2 aromatic carbocycles. The highest BCUT2D eigenvalue weighted by molar-refractivity contribution is 6.36. The van der Waals surface area contributed by atoms with Gasteiger partial charge in [-0.25, -0.2) is 4.79 Å². The fourth-order valence-corrected chi connectivity index (χ4v) is 3.38. The van der Waals surface area contributed by atoms with Gasteiger partial charge in [0.15, 0.2) is 0 Å². The summed E-state index contributed by atoms with van der Waals surface area (Å²) in [6, 6.07) is 12.8. The van der Waals surface area contributed by atoms with Crippen LogP contribution in [0.4, 0.5) is 10.5 Å². The molecular weight excluding hydrogens is 393 g/mol. The first-order valence-electron chi connectivity index (χ1n) is 8.32. The van der Waals surface area contributed by atoms with Crippen LogP contribution in [-0.2, 0) is 0 Å². The van der Waals surface area contributed by atoms with Gasteiger partial charge in [0.2, 0.25) is 0 Å². The second-order valence-corrected chi connectivity index (χ2v) is 7.02. The molecule has 136 valence electrons. The van der Waals surface area contributed by atoms with E-state index in [4.69, 9.17) is 39.8 Å². The lowest BCUT2D eigenvalue weighted by Crippen LogP contribution is -2.42. The van der Waals surface area contributed by atoms with Crippen LogP contribution >= 0.6 is 34.8 Å². The Morgan fingerprint density at radius 1 is 1.15 bits per heavy atom. The molecule has 0 spiro atoms. The molecule has 1 N–H and O–H groups in total. The van der Waals surface area contributed by atoms with E-state index < -0.39 is 0 Å². The van der Waals surface area contributed by atoms with Crippen LogP contribution in [0.2, 0.25) is 10.0 Å². The fourth-order valence-electron chi connectivity index (χ4n) is 2.85. The van der Waals surface area contributed by atoms with Crippen LogP contribution in [-0.4, -0.2) is 37.3 Å². The summed E-state index contributed by atoms with van der Waals surface area (Å²) in [7, 11) is 0. The molecule has 1 aliphatic heterocycles. The van der Waals surface area contributed by atoms with Gasteiger partial charge >= 0.3 is 6.03 Å². The molecular formula is C19H18Cl3N3O. The van der Waals surface area contributed by atoms with Crippen LogP contribution in [0.25, 0.3) is 0 Å². The van der Waals surface area contributed by atoms with Gasteiger partial charge < -0.3 is 5.32 Å². The SMILES string of the molecule is O=C(NCCCCl)N1CCN=C(c2ccccc2Cl)c2cc(Cl)ccc21. The topological polar surface area (TPSA) is 44.7 Å². The monoisotopic (exact) mass is 409 g/mol. The second kappa shape index (κ2) is 8.76. The highest BCUT2D eigenvalue weighted by atomic mass is 35.5. The summed E-state index contributed by atoms with van der Waals surface area (Å²) in [6.07, 6.45) is 0.718. The van der Waals surface area contributed by atoms with E-state index in [-0.39, 0.29) is 6.03 Å². The van der Waals surface area contributed by atoms with Crippen molar-refractivity contribution in [3.63, 3.8) is 0 Å². The number of halogens is 3. The minimum absolute atomic E-state index is 0.172. The molecule has 0 fully saturated rings. The first kappa shape index (κ1) is 19.0. The molecule has 0 saturated carbocycles. The van der Waals surface area contributed by atoms with Crippen molar-refractivity contribution in [2.24, 2.45) is 4.99 Å². The Morgan fingerprint density at radius 2 is 1.96 bits per heavy atom. The fraction of sp³-hybridized carbons (Fsp3) is 0.263. The summed E-state index contributed by atoms with van der Waals surface area (Å²) in [6.45, 7) is 1.46. The van der Waals surface area contributed by atoms with Crippen molar-refractivity contribution < 1.29 is 4.79 Å². The summed E-state index contributed by atoms with van der Waals surface area (Å²) in [4.78, 5) is 19.0. The van der Waals surface area contributed by atoms with E-state index in [2.05, 4.69) is 5.32 Å². The number of carbonyl (C=O) groups excluding carboxylic acids is 1. The zero-order chi connectivity index (χ0) is 18.5. The first-order chi connectivity index (χ1) is 12.6. The molecule has 1 aliphatic rings. The van der Waals surface area contributed by atoms with E-state index in [0.29, 0.717) is 35.6 Å². The van der Waals surface area contributed by atoms with Crippen molar-refractivity contribution >= 4 is 52.2 Å². The Hall–Kier alpha value is -1.75. The number of carbonyl (C=O) groups is 1. The molecule has 3 rings (SSSR count). The molecule has 1 heterocycles. The normalized spacial score (nSPS) is 13.7. The smallest absolute Gasteiger partial charge is 0.321 e. The van der Waals surface area contributed by atoms with Gasteiger partial charge in [0, 0.05) is 40.1 Å². The lowest BCUT2D eigenvalue weighted by atomic mass is 10.00. The van der Waals surface area contributed by atoms with Gasteiger partial charge in [-0.3, -0.25) is 9.89 Å². The third-order valence-electron chi connectivity index (χ3n) is 4.06. The Kier molecular flexibility index (Phi) is 6.41. The molecule has 2 aromatic rings. The highest BCUT2D eigenvalue weighted by Gasteiger charge is 2.25. The van der Waals surface area contributed by atoms with Gasteiger partial charge in [0.05, 0.1) is 17.9 Å². The van der Waals surface area contributed by atoms with Crippen molar-refractivity contribution in [2.45, 2.75) is 6.42 Å². The number of nitrogens with one attached hydrogen (secondary N) is 1. The number of hydrogen-bond donors (Lipinski definition) is 1. The van der Waals surface area contributed by atoms with Gasteiger partial charge in [0.25, 0.3) is 0 Å². The molecule has 0 atom stereocenters. The minimum atomic E-state index is -0.172. The number of anilines is 1. The predicted octanol–water partition coefficient (Wildman–Crippen LogP) is 4.99. The average Bonchev–Trinajstić information content (AvgIpc) is 2.81. The largest absolute Gasteiger partial charge is 0.338 e. The van der Waals surface area contributed by atoms with E-state index in [1.807, 2.05) is 36.4 Å². The van der Waals surface area contributed by atoms with Crippen LogP contribution in [0.1, 0.15) is 17.5 Å². The third-order valence-corrected chi connectivity index (χ3v) is 4.89. The van der Waals surface area contributed by atoms with Crippen LogP contribution in [0.3, 0.4) is 0 Å². The average molecular weight is 411 g/mol. The molecule has 7 heteroatoms. The maximum Gasteiger partial charge on any atom is 0.321 e. The summed E-state index contributed by atoms with van der Waals surface area (Å²) < 4.78 is 0. The van der Waals surface area contributed by atoms with Crippen LogP contribution in [0, 0.1) is 0 Å². The second-order valence-electron chi connectivity index (χ2n) is 5.80. The van der Waals surface area contributed by atoms with Crippen LogP contribution < -0.4 is 10.2 Å². The maximum absolute atomic E-state index is 12.6. The van der Waals surface area contributed by atoms with Crippen molar-refractivity contribution in [3.8, 4) is 0 Å². The Bertz CT molecular complexity index is 839. The molecule has 4 nitrogen and oxygen atoms in total. The lowest BCUT2D eigenvalue weighted by molar-refractivity contribution is 0.246. The number of nitrogens with zero attached hydrogens (tertiary/aromatic N) is 2. The number of amides is 2. The van der Waals surface area contributed by atoms with Gasteiger partial charge in [-0.15, -0.1) is 11.6 Å². The van der Waals surface area contributed by atoms with Gasteiger partial charge in [-0.1, -0.05) is 41.4 Å². The molecule has 0 unspecified atom stereocenters. The molecule has 2 amide bonds. The number of rotatable bonds is 4. The van der Waals surface area contributed by atoms with Gasteiger partial charge in [-0.2, -0.15) is 0 Å². The van der Waals surface area contributed by atoms with E-state index >= 15 is 0 Å². The number of aliphatic imine (C=N–C) groups is 1. The number of benzene rings is 2. The number of fused-ring (bicyclic) bond motifs is 1. The zero-order valence-corrected chi connectivity index (χ0v) is 16.3. The van der Waals surface area contributed by atoms with Gasteiger partial charge in [-0.05, 0) is 30.7 Å². The molecule has 26 heavy (non-hydrogen) atoms. The number of urea groups is 1. The number of hydrogen-bond acceptors (Lipinski definition) is 2. The molecule has 0 aromatic heterocycles. The Morgan fingerprint density at radius 3 is 2.73 bits per heavy atom. The highest BCUT2D eigenvalue weighted by Crippen LogP contribution is 2.31. The van der Waals surface area contributed by atoms with E-state index in [1.54, 1.807) is 11.0 Å². The Labute approximate surface area is 167 Å². The zero-order valence-electron chi connectivity index (χ0n) is 14.0. The van der Waals surface area contributed by atoms with Crippen LogP contribution in [0.5, 0.6) is 0 Å². The predicted molar refractivity (Wildman–Crippen MR) is 109 cm³/mol. The van der Waals surface area contributed by atoms with Gasteiger partial charge in [0.1, 0.15) is 0 Å². The molecule has 0 aliphatic carbocycles. The quantitative estimate of drug-likeness (QED) is 0.560.